The number of epoxide rings is 1. The highest BCUT2D eigenvalue weighted by Crippen LogP contribution is 2.41. The van der Waals surface area contributed by atoms with Gasteiger partial charge in [-0.25, -0.2) is 0 Å². The standard InChI is InChI=1S/C22H20N2O2/c1-24(19-10-6-3-7-11-19)22-20(26-22)16-12-14-17(15-13-16)21(25)23-18-8-4-2-5-9-18/h2-15,20,22H,1H3,(H,23,25). The highest BCUT2D eigenvalue weighted by atomic mass is 16.6. The second kappa shape index (κ2) is 7.02. The fraction of sp³-hybridized carbons (Fsp3) is 0.136. The lowest BCUT2D eigenvalue weighted by Gasteiger charge is -2.16. The number of ether oxygens (including phenoxy) is 1. The molecule has 4 heteroatoms. The van der Waals surface area contributed by atoms with Crippen molar-refractivity contribution < 1.29 is 9.53 Å². The highest BCUT2D eigenvalue weighted by molar-refractivity contribution is 6.04. The van der Waals surface area contributed by atoms with Gasteiger partial charge in [0, 0.05) is 24.0 Å². The summed E-state index contributed by atoms with van der Waals surface area (Å²) in [5.74, 6) is -0.114. The van der Waals surface area contributed by atoms with Gasteiger partial charge in [0.1, 0.15) is 6.10 Å². The second-order valence-corrected chi connectivity index (χ2v) is 6.34. The summed E-state index contributed by atoms with van der Waals surface area (Å²) in [5, 5.41) is 2.89. The third-order valence-corrected chi connectivity index (χ3v) is 4.55. The van der Waals surface area contributed by atoms with Crippen molar-refractivity contribution in [3.8, 4) is 0 Å². The number of carbonyl (C=O) groups is 1. The van der Waals surface area contributed by atoms with Crippen LogP contribution in [0.5, 0.6) is 0 Å². The van der Waals surface area contributed by atoms with Gasteiger partial charge in [0.05, 0.1) is 0 Å². The van der Waals surface area contributed by atoms with Crippen molar-refractivity contribution >= 4 is 17.3 Å². The molecule has 1 N–H and O–H groups in total. The van der Waals surface area contributed by atoms with Gasteiger partial charge in [-0.3, -0.25) is 4.79 Å². The van der Waals surface area contributed by atoms with Crippen LogP contribution in [0, 0.1) is 0 Å². The third-order valence-electron chi connectivity index (χ3n) is 4.55. The van der Waals surface area contributed by atoms with Gasteiger partial charge < -0.3 is 15.0 Å². The lowest BCUT2D eigenvalue weighted by atomic mass is 10.1. The molecule has 130 valence electrons. The van der Waals surface area contributed by atoms with Crippen LogP contribution >= 0.6 is 0 Å². The lowest BCUT2D eigenvalue weighted by molar-refractivity contribution is 0.102. The molecule has 1 fully saturated rings. The maximum atomic E-state index is 12.3. The van der Waals surface area contributed by atoms with Crippen molar-refractivity contribution in [2.24, 2.45) is 0 Å². The summed E-state index contributed by atoms with van der Waals surface area (Å²) in [5.41, 5.74) is 3.62. The van der Waals surface area contributed by atoms with E-state index < -0.39 is 0 Å². The van der Waals surface area contributed by atoms with Crippen LogP contribution in [0.3, 0.4) is 0 Å². The highest BCUT2D eigenvalue weighted by Gasteiger charge is 2.43. The Morgan fingerprint density at radius 1 is 0.885 bits per heavy atom. The van der Waals surface area contributed by atoms with Gasteiger partial charge in [0.25, 0.3) is 5.91 Å². The molecule has 3 aromatic carbocycles. The third kappa shape index (κ3) is 3.46. The normalized spacial score (nSPS) is 18.2. The summed E-state index contributed by atoms with van der Waals surface area (Å²) in [6, 6.07) is 27.2. The number of nitrogens with zero attached hydrogens (tertiary/aromatic N) is 1. The first-order valence-electron chi connectivity index (χ1n) is 8.62. The first kappa shape index (κ1) is 16.4. The molecule has 26 heavy (non-hydrogen) atoms. The van der Waals surface area contributed by atoms with Crippen LogP contribution in [-0.2, 0) is 4.74 Å². The zero-order valence-corrected chi connectivity index (χ0v) is 14.5. The number of carbonyl (C=O) groups excluding carboxylic acids is 1. The summed E-state index contributed by atoms with van der Waals surface area (Å²) < 4.78 is 5.84. The monoisotopic (exact) mass is 344 g/mol. The molecular formula is C22H20N2O2. The van der Waals surface area contributed by atoms with Crippen molar-refractivity contribution in [2.75, 3.05) is 17.3 Å². The quantitative estimate of drug-likeness (QED) is 0.695. The number of anilines is 2. The number of para-hydroxylation sites is 2. The fourth-order valence-electron chi connectivity index (χ4n) is 3.00. The minimum atomic E-state index is -0.114. The number of likely N-dealkylation sites (N-methyl/N-ethyl adjacent to an activating group) is 1. The van der Waals surface area contributed by atoms with E-state index in [1.165, 1.54) is 0 Å². The largest absolute Gasteiger partial charge is 0.347 e. The number of hydrogen-bond acceptors (Lipinski definition) is 3. The van der Waals surface area contributed by atoms with Crippen molar-refractivity contribution in [3.05, 3.63) is 96.1 Å². The Morgan fingerprint density at radius 2 is 1.50 bits per heavy atom. The molecule has 4 nitrogen and oxygen atoms in total. The lowest BCUT2D eigenvalue weighted by Crippen LogP contribution is -2.21. The van der Waals surface area contributed by atoms with E-state index in [2.05, 4.69) is 22.3 Å². The van der Waals surface area contributed by atoms with E-state index in [0.29, 0.717) is 5.56 Å². The van der Waals surface area contributed by atoms with Gasteiger partial charge in [-0.05, 0) is 42.0 Å². The van der Waals surface area contributed by atoms with Gasteiger partial charge in [-0.2, -0.15) is 0 Å². The van der Waals surface area contributed by atoms with Crippen molar-refractivity contribution in [1.29, 1.82) is 0 Å². The van der Waals surface area contributed by atoms with Crippen LogP contribution in [0.25, 0.3) is 0 Å². The molecule has 1 aliphatic heterocycles. The maximum absolute atomic E-state index is 12.3. The molecule has 0 aromatic heterocycles. The van der Waals surface area contributed by atoms with Crippen LogP contribution in [0.15, 0.2) is 84.9 Å². The first-order chi connectivity index (χ1) is 12.7. The SMILES string of the molecule is CN(c1ccccc1)C1OC1c1ccc(C(=O)Nc2ccccc2)cc1. The average Bonchev–Trinajstić information content (AvgIpc) is 3.50. The Hall–Kier alpha value is -3.11. The Labute approximate surface area is 153 Å². The van der Waals surface area contributed by atoms with E-state index in [4.69, 9.17) is 4.74 Å². The Kier molecular flexibility index (Phi) is 4.42. The van der Waals surface area contributed by atoms with Gasteiger partial charge in [-0.1, -0.05) is 48.5 Å². The molecule has 0 spiro atoms. The molecule has 3 aromatic rings. The Morgan fingerprint density at radius 3 is 2.15 bits per heavy atom. The summed E-state index contributed by atoms with van der Waals surface area (Å²) >= 11 is 0. The first-order valence-corrected chi connectivity index (χ1v) is 8.62. The number of rotatable bonds is 5. The molecule has 1 saturated heterocycles. The molecule has 0 aliphatic carbocycles. The van der Waals surface area contributed by atoms with Gasteiger partial charge in [0.2, 0.25) is 0 Å². The molecule has 2 atom stereocenters. The number of nitrogens with one attached hydrogen (secondary N) is 1. The summed E-state index contributed by atoms with van der Waals surface area (Å²) in [4.78, 5) is 14.4. The van der Waals surface area contributed by atoms with Gasteiger partial charge in [0.15, 0.2) is 6.23 Å². The van der Waals surface area contributed by atoms with E-state index in [1.54, 1.807) is 0 Å². The topological polar surface area (TPSA) is 44.9 Å². The second-order valence-electron chi connectivity index (χ2n) is 6.34. The summed E-state index contributed by atoms with van der Waals surface area (Å²) in [6.45, 7) is 0. The fourth-order valence-corrected chi connectivity index (χ4v) is 3.00. The molecule has 4 rings (SSSR count). The van der Waals surface area contributed by atoms with Crippen LogP contribution in [0.4, 0.5) is 11.4 Å². The van der Waals surface area contributed by atoms with Crippen LogP contribution < -0.4 is 10.2 Å². The zero-order valence-electron chi connectivity index (χ0n) is 14.5. The van der Waals surface area contributed by atoms with E-state index in [-0.39, 0.29) is 18.2 Å². The smallest absolute Gasteiger partial charge is 0.255 e. The number of amides is 1. The summed E-state index contributed by atoms with van der Waals surface area (Å²) in [7, 11) is 2.03. The molecule has 0 radical (unpaired) electrons. The predicted molar refractivity (Wildman–Crippen MR) is 103 cm³/mol. The minimum Gasteiger partial charge on any atom is -0.347 e. The van der Waals surface area contributed by atoms with Crippen molar-refractivity contribution in [3.63, 3.8) is 0 Å². The summed E-state index contributed by atoms with van der Waals surface area (Å²) in [6.07, 6.45) is 0.0628. The Bertz CT molecular complexity index is 879. The predicted octanol–water partition coefficient (Wildman–Crippen LogP) is 4.47. The van der Waals surface area contributed by atoms with E-state index in [0.717, 1.165) is 16.9 Å². The van der Waals surface area contributed by atoms with Crippen LogP contribution in [0.1, 0.15) is 22.0 Å². The molecule has 1 aliphatic rings. The number of hydrogen-bond donors (Lipinski definition) is 1. The zero-order chi connectivity index (χ0) is 17.9. The molecule has 1 amide bonds. The van der Waals surface area contributed by atoms with Crippen molar-refractivity contribution in [2.45, 2.75) is 12.3 Å². The van der Waals surface area contributed by atoms with E-state index in [9.17, 15) is 4.79 Å². The van der Waals surface area contributed by atoms with Gasteiger partial charge in [-0.15, -0.1) is 0 Å². The van der Waals surface area contributed by atoms with E-state index in [1.807, 2.05) is 79.8 Å². The van der Waals surface area contributed by atoms with E-state index >= 15 is 0 Å². The minimum absolute atomic E-state index is 0.0291. The van der Waals surface area contributed by atoms with Crippen LogP contribution in [-0.4, -0.2) is 19.2 Å². The van der Waals surface area contributed by atoms with Gasteiger partial charge >= 0.3 is 0 Å². The Balaban J connectivity index is 1.40. The molecule has 2 unspecified atom stereocenters. The maximum Gasteiger partial charge on any atom is 0.255 e. The average molecular weight is 344 g/mol. The van der Waals surface area contributed by atoms with Crippen molar-refractivity contribution in [1.82, 2.24) is 0 Å². The molecule has 1 heterocycles. The molecule has 0 bridgehead atoms. The molecule has 0 saturated carbocycles. The van der Waals surface area contributed by atoms with Crippen LogP contribution in [0.2, 0.25) is 0 Å². The molecular weight excluding hydrogens is 324 g/mol. The number of benzene rings is 3.